The summed E-state index contributed by atoms with van der Waals surface area (Å²) in [4.78, 5) is 11.7. The molecule has 1 spiro atoms. The number of rotatable bonds is 1. The molecule has 7 aliphatic rings. The number of aromatic amines is 1. The largest absolute Gasteiger partial charge is 0.516 e. The van der Waals surface area contributed by atoms with Gasteiger partial charge in [0, 0.05) is 71.4 Å². The molecule has 0 amide bonds. The molecule has 1 saturated carbocycles. The van der Waals surface area contributed by atoms with E-state index in [2.05, 4.69) is 87.4 Å². The monoisotopic (exact) mass is 572 g/mol. The lowest BCUT2D eigenvalue weighted by Crippen LogP contribution is -2.67. The van der Waals surface area contributed by atoms with Crippen LogP contribution in [0, 0.1) is 17.8 Å². The predicted octanol–water partition coefficient (Wildman–Crippen LogP) is 5.58. The van der Waals surface area contributed by atoms with Gasteiger partial charge in [0.2, 0.25) is 0 Å². The molecular formula is C37H40N4O2. The molecular weight excluding hydrogens is 532 g/mol. The first-order chi connectivity index (χ1) is 21.1. The highest BCUT2D eigenvalue weighted by Crippen LogP contribution is 2.66. The van der Waals surface area contributed by atoms with Gasteiger partial charge in [-0.1, -0.05) is 48.0 Å². The highest BCUT2D eigenvalue weighted by Gasteiger charge is 2.69. The highest BCUT2D eigenvalue weighted by atomic mass is 16.3. The van der Waals surface area contributed by atoms with E-state index >= 15 is 0 Å². The lowest BCUT2D eigenvalue weighted by Gasteiger charge is -2.59. The second-order valence-electron chi connectivity index (χ2n) is 14.3. The Morgan fingerprint density at radius 1 is 0.977 bits per heavy atom. The Morgan fingerprint density at radius 3 is 2.70 bits per heavy atom. The quantitative estimate of drug-likeness (QED) is 0.262. The van der Waals surface area contributed by atoms with Gasteiger partial charge in [-0.05, 0) is 79.5 Å². The molecule has 6 aliphatic heterocycles. The fourth-order valence-corrected chi connectivity index (χ4v) is 11.4. The van der Waals surface area contributed by atoms with Crippen LogP contribution < -0.4 is 4.90 Å². The number of aliphatic hydroxyl groups excluding tert-OH is 2. The first-order valence-electron chi connectivity index (χ1n) is 16.5. The Hall–Kier alpha value is -3.32. The number of anilines is 1. The second kappa shape index (κ2) is 8.65. The molecule has 2 bridgehead atoms. The van der Waals surface area contributed by atoms with Crippen LogP contribution in [0.1, 0.15) is 49.0 Å². The van der Waals surface area contributed by atoms with Crippen LogP contribution >= 0.6 is 0 Å². The van der Waals surface area contributed by atoms with E-state index in [0.29, 0.717) is 12.1 Å². The van der Waals surface area contributed by atoms with E-state index in [-0.39, 0.29) is 29.2 Å². The van der Waals surface area contributed by atoms with Gasteiger partial charge in [-0.2, -0.15) is 0 Å². The predicted molar refractivity (Wildman–Crippen MR) is 169 cm³/mol. The van der Waals surface area contributed by atoms with Crippen LogP contribution in [0.4, 0.5) is 5.69 Å². The lowest BCUT2D eigenvalue weighted by atomic mass is 9.53. The Kier molecular flexibility index (Phi) is 5.04. The van der Waals surface area contributed by atoms with Gasteiger partial charge >= 0.3 is 0 Å². The average Bonchev–Trinajstić information content (AvgIpc) is 3.72. The van der Waals surface area contributed by atoms with Gasteiger partial charge < -0.3 is 20.1 Å². The van der Waals surface area contributed by atoms with Crippen molar-refractivity contribution >= 4 is 16.6 Å². The van der Waals surface area contributed by atoms with E-state index in [4.69, 9.17) is 0 Å². The molecule has 3 saturated heterocycles. The van der Waals surface area contributed by atoms with Crippen LogP contribution in [0.15, 0.2) is 83.8 Å². The molecule has 4 fully saturated rings. The Morgan fingerprint density at radius 2 is 1.81 bits per heavy atom. The van der Waals surface area contributed by atoms with Crippen molar-refractivity contribution in [2.24, 2.45) is 17.8 Å². The Balaban J connectivity index is 1.12. The number of aliphatic hydroxyl groups is 2. The molecule has 3 N–H and O–H groups in total. The van der Waals surface area contributed by atoms with Crippen molar-refractivity contribution < 1.29 is 10.2 Å². The zero-order chi connectivity index (χ0) is 28.6. The molecule has 0 radical (unpaired) electrons. The second-order valence-corrected chi connectivity index (χ2v) is 14.3. The number of allylic oxidation sites excluding steroid dienone is 1. The van der Waals surface area contributed by atoms with Crippen LogP contribution in [-0.4, -0.2) is 69.4 Å². The normalized spacial score (nSPS) is 39.5. The number of hydrogen-bond donors (Lipinski definition) is 3. The van der Waals surface area contributed by atoms with Gasteiger partial charge in [-0.3, -0.25) is 9.80 Å². The summed E-state index contributed by atoms with van der Waals surface area (Å²) in [6.45, 7) is 6.09. The molecule has 6 nitrogen and oxygen atoms in total. The minimum absolute atomic E-state index is 0.0389. The molecule has 10 rings (SSSR count). The van der Waals surface area contributed by atoms with E-state index in [1.165, 1.54) is 50.8 Å². The summed E-state index contributed by atoms with van der Waals surface area (Å²) in [5.74, 6) is 0.446. The van der Waals surface area contributed by atoms with Crippen molar-refractivity contribution in [3.05, 3.63) is 101 Å². The van der Waals surface area contributed by atoms with Crippen LogP contribution in [0.5, 0.6) is 0 Å². The molecule has 43 heavy (non-hydrogen) atoms. The zero-order valence-electron chi connectivity index (χ0n) is 24.8. The summed E-state index contributed by atoms with van der Waals surface area (Å²) < 4.78 is 0. The van der Waals surface area contributed by atoms with Gasteiger partial charge in [-0.25, -0.2) is 0 Å². The molecule has 220 valence electrons. The molecule has 1 aromatic heterocycles. The maximum atomic E-state index is 12.7. The molecule has 8 atom stereocenters. The van der Waals surface area contributed by atoms with Gasteiger partial charge in [-0.15, -0.1) is 0 Å². The standard InChI is InChI=1S/C37H40N4O2/c1-2-21-17-39-13-11-24-23-7-3-5-9-29(23)38-34(24)31(39)15-25(21)27-19-41-30-10-6-4-8-28(30)37-12-14-40-18-22(20-42)26(16-32(37)40)33(35(27)43)36(37)41/h2-10,19-20,25-26,31-33,35-36,38,42-43H,11-18H2,1H3. The first kappa shape index (κ1) is 25.1. The summed E-state index contributed by atoms with van der Waals surface area (Å²) >= 11 is 0. The number of piperidine rings is 2. The minimum atomic E-state index is -0.530. The van der Waals surface area contributed by atoms with Crippen molar-refractivity contribution in [1.82, 2.24) is 14.8 Å². The van der Waals surface area contributed by atoms with Crippen LogP contribution in [0.25, 0.3) is 10.9 Å². The SMILES string of the molecule is CC=C1CN2CCc3c([nH]c4ccccc34)C2CC1C1=CN2c3ccccc3C34CCN5CC(=CO)C(CC53)C(C1O)C24. The van der Waals surface area contributed by atoms with Crippen molar-refractivity contribution in [2.45, 2.75) is 62.3 Å². The topological polar surface area (TPSA) is 66.0 Å². The number of para-hydroxylation sites is 2. The number of H-pyrrole nitrogens is 1. The maximum absolute atomic E-state index is 12.7. The van der Waals surface area contributed by atoms with Crippen LogP contribution in [0.3, 0.4) is 0 Å². The fraction of sp³-hybridized carbons (Fsp3) is 0.459. The summed E-state index contributed by atoms with van der Waals surface area (Å²) in [6, 6.07) is 18.9. The van der Waals surface area contributed by atoms with Gasteiger partial charge in [0.05, 0.1) is 24.4 Å². The third-order valence-electron chi connectivity index (χ3n) is 13.0. The lowest BCUT2D eigenvalue weighted by molar-refractivity contribution is -0.0157. The Bertz CT molecular complexity index is 1770. The molecule has 7 heterocycles. The first-order valence-corrected chi connectivity index (χ1v) is 16.5. The molecule has 2 aromatic carbocycles. The van der Waals surface area contributed by atoms with Gasteiger partial charge in [0.25, 0.3) is 0 Å². The van der Waals surface area contributed by atoms with Crippen molar-refractivity contribution in [2.75, 3.05) is 31.1 Å². The fourth-order valence-electron chi connectivity index (χ4n) is 11.4. The third kappa shape index (κ3) is 3.00. The van der Waals surface area contributed by atoms with E-state index in [9.17, 15) is 10.2 Å². The molecule has 8 unspecified atom stereocenters. The van der Waals surface area contributed by atoms with E-state index in [1.807, 2.05) is 0 Å². The molecule has 3 aromatic rings. The zero-order valence-corrected chi connectivity index (χ0v) is 24.8. The average molecular weight is 573 g/mol. The van der Waals surface area contributed by atoms with Gasteiger partial charge in [0.1, 0.15) is 0 Å². The summed E-state index contributed by atoms with van der Waals surface area (Å²) in [5, 5.41) is 24.5. The van der Waals surface area contributed by atoms with Crippen LogP contribution in [0.2, 0.25) is 0 Å². The van der Waals surface area contributed by atoms with Crippen molar-refractivity contribution in [3.63, 3.8) is 0 Å². The number of nitrogens with one attached hydrogen (secondary N) is 1. The molecule has 1 aliphatic carbocycles. The third-order valence-corrected chi connectivity index (χ3v) is 13.0. The summed E-state index contributed by atoms with van der Waals surface area (Å²) in [6.07, 6.45) is 9.78. The summed E-state index contributed by atoms with van der Waals surface area (Å²) in [7, 11) is 0. The van der Waals surface area contributed by atoms with E-state index in [1.54, 1.807) is 0 Å². The van der Waals surface area contributed by atoms with Crippen molar-refractivity contribution in [1.29, 1.82) is 0 Å². The van der Waals surface area contributed by atoms with E-state index < -0.39 is 6.10 Å². The summed E-state index contributed by atoms with van der Waals surface area (Å²) in [5.41, 5.74) is 10.7. The van der Waals surface area contributed by atoms with Crippen molar-refractivity contribution in [3.8, 4) is 0 Å². The molecule has 6 heteroatoms. The van der Waals surface area contributed by atoms with E-state index in [0.717, 1.165) is 57.4 Å². The number of fused-ring (bicyclic) bond motifs is 9. The Labute approximate surface area is 253 Å². The number of aromatic nitrogens is 1. The van der Waals surface area contributed by atoms with Gasteiger partial charge in [0.15, 0.2) is 0 Å². The number of hydrogen-bond acceptors (Lipinski definition) is 5. The minimum Gasteiger partial charge on any atom is -0.516 e. The highest BCUT2D eigenvalue weighted by molar-refractivity contribution is 5.85. The smallest absolute Gasteiger partial charge is 0.0827 e. The number of nitrogens with zero attached hydrogens (tertiary/aromatic N) is 3. The maximum Gasteiger partial charge on any atom is 0.0827 e. The van der Waals surface area contributed by atoms with Crippen LogP contribution in [-0.2, 0) is 11.8 Å². The number of benzene rings is 2.